The highest BCUT2D eigenvalue weighted by molar-refractivity contribution is 7.20. The van der Waals surface area contributed by atoms with Crippen LogP contribution in [0.15, 0.2) is 297 Å². The highest BCUT2D eigenvalue weighted by Gasteiger charge is 2.43. The van der Waals surface area contributed by atoms with E-state index in [0.717, 1.165) is 39.2 Å². The molecule has 0 aliphatic heterocycles. The van der Waals surface area contributed by atoms with Crippen molar-refractivity contribution in [1.82, 2.24) is 13.7 Å². The Hall–Kier alpha value is -9.74. The fourth-order valence-electron chi connectivity index (χ4n) is 12.7. The molecule has 3 nitrogen and oxygen atoms in total. The lowest BCUT2D eigenvalue weighted by Gasteiger charge is -2.35. The maximum Gasteiger partial charge on any atom is 0.181 e. The normalized spacial score (nSPS) is 11.9. The lowest BCUT2D eigenvalue weighted by atomic mass is 10.0. The first kappa shape index (κ1) is 43.8. The van der Waals surface area contributed by atoms with Gasteiger partial charge in [-0.2, -0.15) is 0 Å². The van der Waals surface area contributed by atoms with E-state index in [9.17, 15) is 0 Å². The number of benzene rings is 12. The fourth-order valence-corrected chi connectivity index (χ4v) is 17.7. The van der Waals surface area contributed by atoms with Gasteiger partial charge in [-0.15, -0.1) is 0 Å². The second-order valence-corrected chi connectivity index (χ2v) is 23.8. The number of rotatable bonds is 9. The predicted molar refractivity (Wildman–Crippen MR) is 324 cm³/mol. The smallest absolute Gasteiger partial charge is 0.181 e. The van der Waals surface area contributed by atoms with E-state index in [-0.39, 0.29) is 0 Å². The molecule has 0 aliphatic carbocycles. The van der Waals surface area contributed by atoms with Crippen molar-refractivity contribution in [2.75, 3.05) is 0 Å². The molecule has 76 heavy (non-hydrogen) atoms. The zero-order valence-electron chi connectivity index (χ0n) is 41.6. The van der Waals surface area contributed by atoms with Crippen molar-refractivity contribution in [3.05, 3.63) is 297 Å². The van der Waals surface area contributed by atoms with Gasteiger partial charge in [-0.1, -0.05) is 231 Å². The van der Waals surface area contributed by atoms with Crippen LogP contribution in [0.1, 0.15) is 0 Å². The van der Waals surface area contributed by atoms with Crippen LogP contribution in [0.4, 0.5) is 0 Å². The highest BCUT2D eigenvalue weighted by atomic mass is 28.3. The molecule has 0 aliphatic rings. The second kappa shape index (κ2) is 17.7. The van der Waals surface area contributed by atoms with Gasteiger partial charge in [-0.25, -0.2) is 0 Å². The van der Waals surface area contributed by atoms with Crippen LogP contribution < -0.4 is 20.7 Å². The highest BCUT2D eigenvalue weighted by Crippen LogP contribution is 2.41. The van der Waals surface area contributed by atoms with Gasteiger partial charge < -0.3 is 13.7 Å². The average molecular weight is 984 g/mol. The van der Waals surface area contributed by atoms with Crippen molar-refractivity contribution in [2.24, 2.45) is 0 Å². The van der Waals surface area contributed by atoms with Crippen LogP contribution in [0.5, 0.6) is 0 Å². The minimum atomic E-state index is -3.02. The molecule has 0 atom stereocenters. The summed E-state index contributed by atoms with van der Waals surface area (Å²) < 4.78 is 7.53. The van der Waals surface area contributed by atoms with Gasteiger partial charge in [-0.05, 0) is 110 Å². The third-order valence-corrected chi connectivity index (χ3v) is 20.7. The molecule has 0 saturated heterocycles. The Morgan fingerprint density at radius 1 is 0.211 bits per heavy atom. The summed E-state index contributed by atoms with van der Waals surface area (Å²) in [6.07, 6.45) is 0. The van der Waals surface area contributed by atoms with E-state index >= 15 is 0 Å². The summed E-state index contributed by atoms with van der Waals surface area (Å²) in [6.45, 7) is 0. The van der Waals surface area contributed by atoms with Gasteiger partial charge in [0.05, 0.1) is 33.1 Å². The van der Waals surface area contributed by atoms with Crippen molar-refractivity contribution >= 4 is 94.2 Å². The number of fused-ring (bicyclic) bond motifs is 9. The van der Waals surface area contributed by atoms with E-state index < -0.39 is 8.07 Å². The van der Waals surface area contributed by atoms with Crippen LogP contribution in [0.25, 0.3) is 105 Å². The van der Waals surface area contributed by atoms with Crippen LogP contribution in [-0.2, 0) is 0 Å². The summed E-state index contributed by atoms with van der Waals surface area (Å²) in [5.41, 5.74) is 15.2. The fraction of sp³-hybridized carbons (Fsp3) is 0. The average Bonchev–Trinajstić information content (AvgIpc) is 4.28. The van der Waals surface area contributed by atoms with Gasteiger partial charge in [0, 0.05) is 49.4 Å². The first-order valence-corrected chi connectivity index (χ1v) is 28.3. The molecule has 15 aromatic rings. The lowest BCUT2D eigenvalue weighted by Crippen LogP contribution is -2.75. The minimum absolute atomic E-state index is 1.10. The van der Waals surface area contributed by atoms with E-state index in [4.69, 9.17) is 0 Å². The summed E-state index contributed by atoms with van der Waals surface area (Å²) in [4.78, 5) is 0. The molecule has 0 fully saturated rings. The summed E-state index contributed by atoms with van der Waals surface area (Å²) >= 11 is 0. The van der Waals surface area contributed by atoms with Gasteiger partial charge in [-0.3, -0.25) is 0 Å². The second-order valence-electron chi connectivity index (χ2n) is 20.0. The summed E-state index contributed by atoms with van der Waals surface area (Å²) in [6, 6.07) is 111. The molecule has 0 saturated carbocycles. The van der Waals surface area contributed by atoms with Gasteiger partial charge in [0.25, 0.3) is 0 Å². The molecule has 15 rings (SSSR count). The van der Waals surface area contributed by atoms with E-state index in [1.54, 1.807) is 0 Å². The zero-order chi connectivity index (χ0) is 50.2. The first-order chi connectivity index (χ1) is 37.7. The van der Waals surface area contributed by atoms with E-state index in [1.165, 1.54) is 86.3 Å². The third kappa shape index (κ3) is 6.74. The van der Waals surface area contributed by atoms with Crippen molar-refractivity contribution < 1.29 is 0 Å². The molecule has 0 bridgehead atoms. The molecule has 12 aromatic carbocycles. The van der Waals surface area contributed by atoms with Crippen molar-refractivity contribution in [2.45, 2.75) is 0 Å². The molecule has 0 spiro atoms. The third-order valence-electron chi connectivity index (χ3n) is 15.9. The molecule has 0 amide bonds. The Balaban J connectivity index is 1.00. The van der Waals surface area contributed by atoms with E-state index in [1.807, 2.05) is 0 Å². The summed E-state index contributed by atoms with van der Waals surface area (Å²) in [7, 11) is -3.02. The number of hydrogen-bond acceptors (Lipinski definition) is 0. The first-order valence-electron chi connectivity index (χ1n) is 26.3. The summed E-state index contributed by atoms with van der Waals surface area (Å²) in [5, 5.41) is 12.8. The van der Waals surface area contributed by atoms with Gasteiger partial charge in [0.2, 0.25) is 0 Å². The molecule has 4 heteroatoms. The molecule has 356 valence electrons. The molecule has 3 heterocycles. The SMILES string of the molecule is c1ccc(-c2cc(-n3c4ccccc4c4cc(-n5c6ccccc6c6cc(-c7ccccc7)ccc65)ccc43)cc(-n3c4ccccc4c4cccc([Si](c5ccccc5)(c5ccccc5)c5ccccc5)c43)c2)cc1. The molecular formula is C72H49N3Si. The number of aromatic nitrogens is 3. The van der Waals surface area contributed by atoms with Crippen molar-refractivity contribution in [1.29, 1.82) is 0 Å². The van der Waals surface area contributed by atoms with Crippen LogP contribution in [0, 0.1) is 0 Å². The van der Waals surface area contributed by atoms with Crippen LogP contribution in [0.3, 0.4) is 0 Å². The zero-order valence-corrected chi connectivity index (χ0v) is 42.6. The Morgan fingerprint density at radius 2 is 0.605 bits per heavy atom. The Labute approximate surface area is 442 Å². The number of nitrogens with zero attached hydrogens (tertiary/aromatic N) is 3. The molecule has 0 unspecified atom stereocenters. The van der Waals surface area contributed by atoms with E-state index in [2.05, 4.69) is 311 Å². The molecule has 0 N–H and O–H groups in total. The van der Waals surface area contributed by atoms with Crippen LogP contribution in [-0.4, -0.2) is 21.8 Å². The molecule has 3 aromatic heterocycles. The van der Waals surface area contributed by atoms with Crippen LogP contribution >= 0.6 is 0 Å². The Kier molecular flexibility index (Phi) is 10.2. The Bertz CT molecular complexity index is 4570. The summed E-state index contributed by atoms with van der Waals surface area (Å²) in [5.74, 6) is 0. The number of para-hydroxylation sites is 4. The largest absolute Gasteiger partial charge is 0.309 e. The maximum atomic E-state index is 2.59. The van der Waals surface area contributed by atoms with E-state index in [0.29, 0.717) is 0 Å². The monoisotopic (exact) mass is 983 g/mol. The van der Waals surface area contributed by atoms with Gasteiger partial charge in [0.1, 0.15) is 0 Å². The molecule has 0 radical (unpaired) electrons. The van der Waals surface area contributed by atoms with Crippen molar-refractivity contribution in [3.8, 4) is 39.3 Å². The maximum absolute atomic E-state index is 3.02. The standard InChI is InChI=1S/C72H49N3Si/c1-6-23-50(24-7-1)52-41-43-69-64(47-52)61-34-17-19-37-66(61)73(69)54-42-44-70-65(49-54)62-35-18-20-38-67(62)74(70)55-45-53(51-25-8-2-9-26-51)46-56(48-55)75-68-39-21-16-33-60(68)63-36-22-40-71(72(63)75)76(57-27-10-3-11-28-57,58-29-12-4-13-30-58)59-31-14-5-15-32-59/h1-49H. The topological polar surface area (TPSA) is 14.8 Å². The lowest BCUT2D eigenvalue weighted by molar-refractivity contribution is 1.13. The van der Waals surface area contributed by atoms with Crippen LogP contribution in [0.2, 0.25) is 0 Å². The van der Waals surface area contributed by atoms with Gasteiger partial charge in [0.15, 0.2) is 8.07 Å². The minimum Gasteiger partial charge on any atom is -0.309 e. The quantitative estimate of drug-likeness (QED) is 0.101. The Morgan fingerprint density at radius 3 is 1.16 bits per heavy atom. The number of hydrogen-bond donors (Lipinski definition) is 0. The predicted octanol–water partition coefficient (Wildman–Crippen LogP) is 15.7. The van der Waals surface area contributed by atoms with Gasteiger partial charge >= 0.3 is 0 Å². The molecular weight excluding hydrogens is 935 g/mol. The van der Waals surface area contributed by atoms with Crippen molar-refractivity contribution in [3.63, 3.8) is 0 Å².